The normalized spacial score (nSPS) is 13.4. The molecule has 4 nitrogen and oxygen atoms in total. The van der Waals surface area contributed by atoms with E-state index in [1.165, 1.54) is 12.1 Å². The van der Waals surface area contributed by atoms with Gasteiger partial charge < -0.3 is 14.4 Å². The SMILES string of the molecule is CCOP(=O)(OCC)C(Nc1cccc(C(F)(F)F)c1)c1ccccc1. The van der Waals surface area contributed by atoms with Gasteiger partial charge in [0.05, 0.1) is 18.8 Å². The molecule has 0 saturated carbocycles. The van der Waals surface area contributed by atoms with Crippen LogP contribution in [0.3, 0.4) is 0 Å². The Morgan fingerprint density at radius 3 is 2.15 bits per heavy atom. The summed E-state index contributed by atoms with van der Waals surface area (Å²) in [6, 6.07) is 13.4. The second kappa shape index (κ2) is 8.71. The summed E-state index contributed by atoms with van der Waals surface area (Å²) < 4.78 is 63.0. The zero-order valence-corrected chi connectivity index (χ0v) is 15.4. The highest BCUT2D eigenvalue weighted by atomic mass is 31.2. The first-order chi connectivity index (χ1) is 12.3. The summed E-state index contributed by atoms with van der Waals surface area (Å²) in [5, 5.41) is 2.90. The maximum absolute atomic E-state index is 13.3. The summed E-state index contributed by atoms with van der Waals surface area (Å²) in [5.41, 5.74) is -0.0274. The number of alkyl halides is 3. The molecule has 0 amide bonds. The highest BCUT2D eigenvalue weighted by molar-refractivity contribution is 7.54. The Morgan fingerprint density at radius 2 is 1.62 bits per heavy atom. The largest absolute Gasteiger partial charge is 0.416 e. The lowest BCUT2D eigenvalue weighted by atomic mass is 10.1. The van der Waals surface area contributed by atoms with E-state index in [0.29, 0.717) is 5.56 Å². The van der Waals surface area contributed by atoms with Gasteiger partial charge in [-0.05, 0) is 37.6 Å². The lowest BCUT2D eigenvalue weighted by Gasteiger charge is -2.28. The van der Waals surface area contributed by atoms with Gasteiger partial charge in [0.2, 0.25) is 0 Å². The first-order valence-electron chi connectivity index (χ1n) is 8.17. The molecule has 26 heavy (non-hydrogen) atoms. The summed E-state index contributed by atoms with van der Waals surface area (Å²) in [7, 11) is -3.66. The fourth-order valence-corrected chi connectivity index (χ4v) is 4.41. The summed E-state index contributed by atoms with van der Waals surface area (Å²) >= 11 is 0. The predicted octanol–water partition coefficient (Wildman–Crippen LogP) is 6.08. The second-order valence-corrected chi connectivity index (χ2v) is 7.52. The van der Waals surface area contributed by atoms with Crippen LogP contribution >= 0.6 is 7.60 Å². The van der Waals surface area contributed by atoms with Gasteiger partial charge >= 0.3 is 13.8 Å². The molecule has 8 heteroatoms. The maximum Gasteiger partial charge on any atom is 0.416 e. The van der Waals surface area contributed by atoms with Crippen molar-refractivity contribution in [1.29, 1.82) is 0 Å². The molecule has 2 aromatic rings. The van der Waals surface area contributed by atoms with E-state index in [4.69, 9.17) is 9.05 Å². The number of halogens is 3. The molecular weight excluding hydrogens is 366 g/mol. The molecule has 0 aromatic heterocycles. The van der Waals surface area contributed by atoms with E-state index in [2.05, 4.69) is 5.32 Å². The Morgan fingerprint density at radius 1 is 1.00 bits per heavy atom. The van der Waals surface area contributed by atoms with Gasteiger partial charge in [-0.25, -0.2) is 0 Å². The van der Waals surface area contributed by atoms with Crippen LogP contribution in [0.2, 0.25) is 0 Å². The standard InChI is InChI=1S/C18H21F3NO3P/c1-3-24-26(23,25-4-2)17(14-9-6-5-7-10-14)22-16-12-8-11-15(13-16)18(19,20)21/h5-13,17,22H,3-4H2,1-2H3. The maximum atomic E-state index is 13.3. The Balaban J connectivity index is 2.44. The van der Waals surface area contributed by atoms with Gasteiger partial charge in [0.1, 0.15) is 0 Å². The molecule has 2 rings (SSSR count). The minimum absolute atomic E-state index is 0.144. The van der Waals surface area contributed by atoms with Crippen LogP contribution in [0.15, 0.2) is 54.6 Å². The fraction of sp³-hybridized carbons (Fsp3) is 0.333. The van der Waals surface area contributed by atoms with E-state index in [9.17, 15) is 17.7 Å². The van der Waals surface area contributed by atoms with Crippen LogP contribution in [0.1, 0.15) is 30.8 Å². The van der Waals surface area contributed by atoms with Crippen LogP contribution in [0.4, 0.5) is 18.9 Å². The average molecular weight is 387 g/mol. The molecule has 2 aromatic carbocycles. The number of anilines is 1. The van der Waals surface area contributed by atoms with Crippen molar-refractivity contribution in [3.8, 4) is 0 Å². The number of hydrogen-bond acceptors (Lipinski definition) is 4. The van der Waals surface area contributed by atoms with Crippen molar-refractivity contribution in [2.75, 3.05) is 18.5 Å². The average Bonchev–Trinajstić information content (AvgIpc) is 2.60. The summed E-state index contributed by atoms with van der Waals surface area (Å²) in [6.07, 6.45) is -4.47. The Bertz CT molecular complexity index is 743. The Kier molecular flexibility index (Phi) is 6.87. The first kappa shape index (κ1) is 20.5. The van der Waals surface area contributed by atoms with Crippen LogP contribution in [0.25, 0.3) is 0 Å². The van der Waals surface area contributed by atoms with Crippen LogP contribution in [-0.4, -0.2) is 13.2 Å². The van der Waals surface area contributed by atoms with Crippen LogP contribution in [0.5, 0.6) is 0 Å². The summed E-state index contributed by atoms with van der Waals surface area (Å²) in [4.78, 5) is 0. The number of rotatable bonds is 8. The van der Waals surface area contributed by atoms with Gasteiger partial charge in [0.15, 0.2) is 5.78 Å². The molecule has 0 aliphatic rings. The molecule has 0 radical (unpaired) electrons. The molecule has 0 bridgehead atoms. The predicted molar refractivity (Wildman–Crippen MR) is 95.1 cm³/mol. The van der Waals surface area contributed by atoms with E-state index in [1.807, 2.05) is 0 Å². The van der Waals surface area contributed by atoms with Gasteiger partial charge in [0.25, 0.3) is 0 Å². The lowest BCUT2D eigenvalue weighted by molar-refractivity contribution is -0.137. The van der Waals surface area contributed by atoms with E-state index in [-0.39, 0.29) is 18.9 Å². The highest BCUT2D eigenvalue weighted by Gasteiger charge is 2.37. The van der Waals surface area contributed by atoms with Gasteiger partial charge in [0, 0.05) is 5.69 Å². The van der Waals surface area contributed by atoms with E-state index >= 15 is 0 Å². The topological polar surface area (TPSA) is 47.6 Å². The van der Waals surface area contributed by atoms with Crippen molar-refractivity contribution >= 4 is 13.3 Å². The molecule has 0 aliphatic heterocycles. The van der Waals surface area contributed by atoms with Gasteiger partial charge in [-0.3, -0.25) is 4.57 Å². The van der Waals surface area contributed by atoms with Crippen molar-refractivity contribution in [3.63, 3.8) is 0 Å². The van der Waals surface area contributed by atoms with Gasteiger partial charge in [-0.2, -0.15) is 13.2 Å². The van der Waals surface area contributed by atoms with Crippen molar-refractivity contribution < 1.29 is 26.8 Å². The Labute approximate surface area is 150 Å². The van der Waals surface area contributed by atoms with Crippen LogP contribution in [0, 0.1) is 0 Å². The van der Waals surface area contributed by atoms with E-state index in [1.54, 1.807) is 44.2 Å². The molecule has 0 heterocycles. The number of hydrogen-bond donors (Lipinski definition) is 1. The zero-order chi connectivity index (χ0) is 19.2. The molecule has 0 aliphatic carbocycles. The molecule has 0 spiro atoms. The highest BCUT2D eigenvalue weighted by Crippen LogP contribution is 2.60. The first-order valence-corrected chi connectivity index (χ1v) is 9.79. The third-order valence-corrected chi connectivity index (χ3v) is 5.84. The summed E-state index contributed by atoms with van der Waals surface area (Å²) in [6.45, 7) is 3.64. The molecule has 142 valence electrons. The molecule has 1 atom stereocenters. The number of benzene rings is 2. The second-order valence-electron chi connectivity index (χ2n) is 5.41. The molecule has 1 N–H and O–H groups in total. The molecule has 0 fully saturated rings. The van der Waals surface area contributed by atoms with Crippen molar-refractivity contribution in [2.24, 2.45) is 0 Å². The minimum Gasteiger partial charge on any atom is -0.368 e. The van der Waals surface area contributed by atoms with Crippen LogP contribution in [-0.2, 0) is 19.8 Å². The monoisotopic (exact) mass is 387 g/mol. The van der Waals surface area contributed by atoms with Crippen molar-refractivity contribution in [3.05, 3.63) is 65.7 Å². The third kappa shape index (κ3) is 5.10. The molecule has 0 saturated heterocycles. The van der Waals surface area contributed by atoms with Gasteiger partial charge in [-0.15, -0.1) is 0 Å². The van der Waals surface area contributed by atoms with Crippen molar-refractivity contribution in [1.82, 2.24) is 0 Å². The third-order valence-electron chi connectivity index (χ3n) is 3.54. The Hall–Kier alpha value is -1.82. The van der Waals surface area contributed by atoms with Gasteiger partial charge in [-0.1, -0.05) is 36.4 Å². The smallest absolute Gasteiger partial charge is 0.368 e. The minimum atomic E-state index is -4.47. The van der Waals surface area contributed by atoms with E-state index in [0.717, 1.165) is 12.1 Å². The molecular formula is C18H21F3NO3P. The quantitative estimate of drug-likeness (QED) is 0.558. The van der Waals surface area contributed by atoms with E-state index < -0.39 is 25.1 Å². The fourth-order valence-electron chi connectivity index (χ4n) is 2.47. The van der Waals surface area contributed by atoms with Crippen molar-refractivity contribution in [2.45, 2.75) is 25.8 Å². The zero-order valence-electron chi connectivity index (χ0n) is 14.5. The number of nitrogens with one attached hydrogen (secondary N) is 1. The summed E-state index contributed by atoms with van der Waals surface area (Å²) in [5.74, 6) is -0.938. The van der Waals surface area contributed by atoms with Crippen LogP contribution < -0.4 is 5.32 Å². The lowest BCUT2D eigenvalue weighted by Crippen LogP contribution is -2.16. The molecule has 1 unspecified atom stereocenters.